The zero-order chi connectivity index (χ0) is 30.5. The van der Waals surface area contributed by atoms with E-state index in [-0.39, 0.29) is 23.3 Å². The third-order valence-corrected chi connectivity index (χ3v) is 9.68. The van der Waals surface area contributed by atoms with Gasteiger partial charge >= 0.3 is 12.3 Å². The molecule has 2 aliphatic heterocycles. The highest BCUT2D eigenvalue weighted by molar-refractivity contribution is 5.71. The van der Waals surface area contributed by atoms with Crippen molar-refractivity contribution in [1.29, 1.82) is 0 Å². The van der Waals surface area contributed by atoms with Gasteiger partial charge in [-0.2, -0.15) is 0 Å². The predicted octanol–water partition coefficient (Wildman–Crippen LogP) is 8.29. The lowest BCUT2D eigenvalue weighted by molar-refractivity contribution is -0.275. The third-order valence-electron chi connectivity index (χ3n) is 9.68. The first-order valence-corrected chi connectivity index (χ1v) is 15.2. The molecule has 3 heterocycles. The van der Waals surface area contributed by atoms with Gasteiger partial charge in [-0.15, -0.1) is 13.2 Å². The maximum atomic E-state index is 13.3. The molecule has 3 aromatic rings. The summed E-state index contributed by atoms with van der Waals surface area (Å²) in [6, 6.07) is 14.2. The van der Waals surface area contributed by atoms with E-state index >= 15 is 0 Å². The molecule has 1 spiro atoms. The number of nitrogens with zero attached hydrogens (tertiary/aromatic N) is 1. The molecule has 2 aromatic carbocycles. The molecule has 2 unspecified atom stereocenters. The van der Waals surface area contributed by atoms with Crippen molar-refractivity contribution in [3.8, 4) is 22.8 Å². The lowest BCUT2D eigenvalue weighted by Gasteiger charge is -2.46. The van der Waals surface area contributed by atoms with Crippen molar-refractivity contribution in [2.45, 2.75) is 83.2 Å². The number of piperidine rings is 1. The Bertz CT molecular complexity index is 1490. The Balaban J connectivity index is 1.19. The minimum Gasteiger partial charge on any atom is -0.487 e. The smallest absolute Gasteiger partial charge is 0.487 e. The number of alkyl halides is 3. The number of benzene rings is 2. The second-order valence-corrected chi connectivity index (χ2v) is 12.6. The summed E-state index contributed by atoms with van der Waals surface area (Å²) in [5.41, 5.74) is 2.97. The fraction of sp³-hybridized carbons (Fsp3) is 0.500. The van der Waals surface area contributed by atoms with Crippen LogP contribution in [0.15, 0.2) is 52.9 Å². The molecular formula is C34H38F3NO5. The molecule has 9 heteroatoms. The number of aliphatic carboxylic acids is 1. The first kappa shape index (κ1) is 29.6. The second kappa shape index (κ2) is 11.2. The van der Waals surface area contributed by atoms with Crippen LogP contribution in [-0.4, -0.2) is 41.0 Å². The zero-order valence-electron chi connectivity index (χ0n) is 24.7. The molecule has 1 saturated heterocycles. The third kappa shape index (κ3) is 6.28. The van der Waals surface area contributed by atoms with Crippen molar-refractivity contribution in [3.05, 3.63) is 71.0 Å². The first-order valence-electron chi connectivity index (χ1n) is 15.2. The van der Waals surface area contributed by atoms with Crippen LogP contribution in [0.3, 0.4) is 0 Å². The van der Waals surface area contributed by atoms with Gasteiger partial charge in [0.25, 0.3) is 0 Å². The number of furan rings is 1. The Hall–Kier alpha value is -3.46. The van der Waals surface area contributed by atoms with Crippen LogP contribution in [0.1, 0.15) is 80.4 Å². The van der Waals surface area contributed by atoms with Gasteiger partial charge in [-0.3, -0.25) is 9.69 Å². The van der Waals surface area contributed by atoms with Crippen LogP contribution in [0.5, 0.6) is 11.5 Å². The molecule has 1 aromatic heterocycles. The Kier molecular flexibility index (Phi) is 7.73. The molecular weight excluding hydrogens is 559 g/mol. The van der Waals surface area contributed by atoms with E-state index in [1.54, 1.807) is 19.1 Å². The van der Waals surface area contributed by atoms with Gasteiger partial charge in [0, 0.05) is 30.3 Å². The van der Waals surface area contributed by atoms with E-state index in [9.17, 15) is 23.1 Å². The number of carboxylic acids is 1. The molecule has 6 nitrogen and oxygen atoms in total. The molecule has 1 aliphatic carbocycles. The summed E-state index contributed by atoms with van der Waals surface area (Å²) in [6.07, 6.45) is 0.537. The summed E-state index contributed by atoms with van der Waals surface area (Å²) >= 11 is 0. The quantitative estimate of drug-likeness (QED) is 0.282. The summed E-state index contributed by atoms with van der Waals surface area (Å²) in [7, 11) is 0. The average molecular weight is 598 g/mol. The Labute approximate surface area is 249 Å². The number of carboxylic acid groups (broad SMARTS) is 1. The summed E-state index contributed by atoms with van der Waals surface area (Å²) in [5, 5.41) is 9.72. The maximum Gasteiger partial charge on any atom is 0.573 e. The minimum atomic E-state index is -4.80. The normalized spacial score (nSPS) is 20.6. The molecule has 6 rings (SSSR count). The van der Waals surface area contributed by atoms with Gasteiger partial charge in [0.05, 0.1) is 5.92 Å². The van der Waals surface area contributed by atoms with Crippen LogP contribution in [0.2, 0.25) is 0 Å². The van der Waals surface area contributed by atoms with Crippen LogP contribution in [-0.2, 0) is 11.2 Å². The number of fused-ring (bicyclic) bond motifs is 1. The number of halogens is 3. The van der Waals surface area contributed by atoms with Crippen LogP contribution < -0.4 is 9.47 Å². The van der Waals surface area contributed by atoms with E-state index in [2.05, 4.69) is 27.8 Å². The zero-order valence-corrected chi connectivity index (χ0v) is 24.7. The van der Waals surface area contributed by atoms with Gasteiger partial charge in [-0.1, -0.05) is 19.1 Å². The maximum absolute atomic E-state index is 13.3. The van der Waals surface area contributed by atoms with Crippen molar-refractivity contribution in [2.75, 3.05) is 13.1 Å². The molecule has 0 radical (unpaired) electrons. The van der Waals surface area contributed by atoms with Crippen molar-refractivity contribution < 1.29 is 37.0 Å². The molecule has 0 amide bonds. The number of rotatable bonds is 8. The van der Waals surface area contributed by atoms with Gasteiger partial charge in [0.15, 0.2) is 0 Å². The van der Waals surface area contributed by atoms with Gasteiger partial charge in [-0.25, -0.2) is 0 Å². The monoisotopic (exact) mass is 597 g/mol. The topological polar surface area (TPSA) is 72.1 Å². The largest absolute Gasteiger partial charge is 0.573 e. The van der Waals surface area contributed by atoms with Crippen LogP contribution in [0.25, 0.3) is 11.3 Å². The summed E-state index contributed by atoms with van der Waals surface area (Å²) in [6.45, 7) is 6.85. The van der Waals surface area contributed by atoms with E-state index in [0.29, 0.717) is 35.9 Å². The summed E-state index contributed by atoms with van der Waals surface area (Å²) in [5.74, 6) is 1.09. The molecule has 230 valence electrons. The highest BCUT2D eigenvalue weighted by Gasteiger charge is 2.43. The fourth-order valence-corrected chi connectivity index (χ4v) is 7.01. The van der Waals surface area contributed by atoms with Crippen molar-refractivity contribution >= 4 is 5.97 Å². The van der Waals surface area contributed by atoms with E-state index in [1.807, 2.05) is 26.0 Å². The van der Waals surface area contributed by atoms with Crippen molar-refractivity contribution in [2.24, 2.45) is 11.8 Å². The van der Waals surface area contributed by atoms with Gasteiger partial charge in [0.2, 0.25) is 0 Å². The Morgan fingerprint density at radius 3 is 2.42 bits per heavy atom. The van der Waals surface area contributed by atoms with E-state index in [0.717, 1.165) is 61.2 Å². The molecule has 1 saturated carbocycles. The lowest BCUT2D eigenvalue weighted by Crippen LogP contribution is -2.50. The van der Waals surface area contributed by atoms with E-state index in [1.165, 1.54) is 6.07 Å². The highest BCUT2D eigenvalue weighted by atomic mass is 19.4. The number of hydrogen-bond donors (Lipinski definition) is 1. The number of aryl methyl sites for hydroxylation is 2. The molecule has 2 fully saturated rings. The minimum absolute atomic E-state index is 0.0269. The lowest BCUT2D eigenvalue weighted by atomic mass is 9.80. The predicted molar refractivity (Wildman–Crippen MR) is 155 cm³/mol. The standard InChI is InChI=1S/C34H38F3NO5/c1-20-4-10-28(41-20)25-9-11-29(43-34(35,36)37)27(18-25)22(3)38-16-14-33(15-17-38)13-12-23-5-8-26(19-30(23)42-33)31(24-6-7-24)21(2)32(39)40/h4-5,8-11,18-19,21-22,24,31H,6-7,12-17H2,1-3H3,(H,39,40)/t21-,22?,31?/m0/s1. The molecule has 1 N–H and O–H groups in total. The second-order valence-electron chi connectivity index (χ2n) is 12.6. The van der Waals surface area contributed by atoms with Crippen LogP contribution in [0, 0.1) is 18.8 Å². The van der Waals surface area contributed by atoms with Crippen molar-refractivity contribution in [1.82, 2.24) is 4.90 Å². The van der Waals surface area contributed by atoms with Crippen molar-refractivity contribution in [3.63, 3.8) is 0 Å². The fourth-order valence-electron chi connectivity index (χ4n) is 7.01. The average Bonchev–Trinajstić information content (AvgIpc) is 3.70. The summed E-state index contributed by atoms with van der Waals surface area (Å²) in [4.78, 5) is 14.0. The number of likely N-dealkylation sites (tertiary alicyclic amines) is 1. The van der Waals surface area contributed by atoms with Crippen LogP contribution >= 0.6 is 0 Å². The number of hydrogen-bond acceptors (Lipinski definition) is 5. The Morgan fingerprint density at radius 2 is 1.79 bits per heavy atom. The van der Waals surface area contributed by atoms with E-state index in [4.69, 9.17) is 9.15 Å². The first-order chi connectivity index (χ1) is 20.4. The SMILES string of the molecule is Cc1ccc(-c2ccc(OC(F)(F)F)c(C(C)N3CCC4(CCc5ccc(C(C6CC6)[C@H](C)C(=O)O)cc5O4)CC3)c2)o1. The molecule has 0 bridgehead atoms. The summed E-state index contributed by atoms with van der Waals surface area (Å²) < 4.78 is 56.9. The van der Waals surface area contributed by atoms with Gasteiger partial charge in [0.1, 0.15) is 28.6 Å². The molecule has 43 heavy (non-hydrogen) atoms. The van der Waals surface area contributed by atoms with Gasteiger partial charge in [-0.05, 0) is 112 Å². The Morgan fingerprint density at radius 1 is 1.05 bits per heavy atom. The van der Waals surface area contributed by atoms with Gasteiger partial charge < -0.3 is 19.0 Å². The van der Waals surface area contributed by atoms with Crippen LogP contribution in [0.4, 0.5) is 13.2 Å². The number of carbonyl (C=O) groups is 1. The molecule has 3 atom stereocenters. The molecule has 3 aliphatic rings. The van der Waals surface area contributed by atoms with E-state index < -0.39 is 18.2 Å². The highest BCUT2D eigenvalue weighted by Crippen LogP contribution is 2.49. The number of ether oxygens (including phenoxy) is 2.